The molecule has 0 aliphatic carbocycles. The molecular weight excluding hydrogens is 607 g/mol. The first-order valence-electron chi connectivity index (χ1n) is 13.2. The molecule has 2 aliphatic heterocycles. The number of aryl methyl sites for hydroxylation is 2. The Morgan fingerprint density at radius 3 is 2.21 bits per heavy atom. The topological polar surface area (TPSA) is 44.8 Å². The number of nitrogens with one attached hydrogen (secondary N) is 1. The molecule has 2 atom stereocenters. The van der Waals surface area contributed by atoms with Crippen molar-refractivity contribution in [2.75, 3.05) is 45.9 Å². The standard InChI is InChI=1S/C29H33F6N3O2.2ClH/c1-19-5-6-21(12-20(19)2)13-26-17-37(8-3-4-25-18-40-11-7-36-25)9-10-38(26)27(39)22-14-23(28(30,31)32)16-24(15-22)29(33,34)35;;/h3-6,12,14-16,25-26,36H,7-11,13,17-18H2,1-2H3;2*1H/t25-,26-;;/m1../s1. The number of hydrogen-bond acceptors (Lipinski definition) is 4. The quantitative estimate of drug-likeness (QED) is 0.306. The lowest BCUT2D eigenvalue weighted by atomic mass is 9.97. The lowest BCUT2D eigenvalue weighted by molar-refractivity contribution is -0.143. The second kappa shape index (κ2) is 14.9. The summed E-state index contributed by atoms with van der Waals surface area (Å²) in [4.78, 5) is 17.1. The van der Waals surface area contributed by atoms with Crippen LogP contribution in [0.5, 0.6) is 0 Å². The number of morpholine rings is 1. The average Bonchev–Trinajstić information content (AvgIpc) is 2.90. The fraction of sp³-hybridized carbons (Fsp3) is 0.483. The number of rotatable bonds is 6. The van der Waals surface area contributed by atoms with E-state index in [4.69, 9.17) is 4.74 Å². The number of carbonyl (C=O) groups excluding carboxylic acids is 1. The van der Waals surface area contributed by atoms with Crippen LogP contribution in [0.1, 0.15) is 38.2 Å². The second-order valence-corrected chi connectivity index (χ2v) is 10.4. The molecule has 2 aromatic rings. The summed E-state index contributed by atoms with van der Waals surface area (Å²) in [5, 5.41) is 3.34. The summed E-state index contributed by atoms with van der Waals surface area (Å²) in [6.45, 7) is 7.55. The Hall–Kier alpha value is -2.31. The minimum Gasteiger partial charge on any atom is -0.378 e. The predicted molar refractivity (Wildman–Crippen MR) is 154 cm³/mol. The fourth-order valence-electron chi connectivity index (χ4n) is 5.06. The summed E-state index contributed by atoms with van der Waals surface area (Å²) in [6.07, 6.45) is -5.61. The molecule has 2 heterocycles. The molecule has 2 aliphatic rings. The summed E-state index contributed by atoms with van der Waals surface area (Å²) in [7, 11) is 0. The molecule has 1 amide bonds. The normalized spacial score (nSPS) is 20.2. The van der Waals surface area contributed by atoms with Gasteiger partial charge in [-0.2, -0.15) is 26.3 Å². The third-order valence-corrected chi connectivity index (χ3v) is 7.39. The van der Waals surface area contributed by atoms with Gasteiger partial charge in [0.25, 0.3) is 5.91 Å². The van der Waals surface area contributed by atoms with Crippen LogP contribution in [0.25, 0.3) is 0 Å². The van der Waals surface area contributed by atoms with Gasteiger partial charge >= 0.3 is 12.4 Å². The first-order valence-corrected chi connectivity index (χ1v) is 13.2. The maximum absolute atomic E-state index is 13.5. The highest BCUT2D eigenvalue weighted by Gasteiger charge is 2.39. The summed E-state index contributed by atoms with van der Waals surface area (Å²) < 4.78 is 86.2. The van der Waals surface area contributed by atoms with E-state index in [0.717, 1.165) is 23.2 Å². The van der Waals surface area contributed by atoms with Crippen LogP contribution in [0.15, 0.2) is 48.6 Å². The number of carbonyl (C=O) groups is 1. The summed E-state index contributed by atoms with van der Waals surface area (Å²) in [5.74, 6) is -0.843. The van der Waals surface area contributed by atoms with E-state index in [9.17, 15) is 31.1 Å². The molecule has 0 radical (unpaired) electrons. The zero-order valence-electron chi connectivity index (χ0n) is 23.2. The van der Waals surface area contributed by atoms with Gasteiger partial charge in [-0.3, -0.25) is 9.69 Å². The van der Waals surface area contributed by atoms with Gasteiger partial charge in [0.15, 0.2) is 0 Å². The van der Waals surface area contributed by atoms with Gasteiger partial charge in [0.05, 0.1) is 24.3 Å². The molecule has 5 nitrogen and oxygen atoms in total. The molecule has 1 N–H and O–H groups in total. The van der Waals surface area contributed by atoms with Crippen molar-refractivity contribution < 1.29 is 35.9 Å². The molecule has 13 heteroatoms. The van der Waals surface area contributed by atoms with E-state index in [2.05, 4.69) is 10.2 Å². The number of ether oxygens (including phenoxy) is 1. The van der Waals surface area contributed by atoms with E-state index in [0.29, 0.717) is 51.4 Å². The van der Waals surface area contributed by atoms with E-state index in [1.165, 1.54) is 4.90 Å². The minimum absolute atomic E-state index is 0. The van der Waals surface area contributed by atoms with Crippen molar-refractivity contribution in [2.24, 2.45) is 0 Å². The van der Waals surface area contributed by atoms with Crippen LogP contribution in [0.4, 0.5) is 26.3 Å². The number of piperazine rings is 1. The minimum atomic E-state index is -5.03. The van der Waals surface area contributed by atoms with Crippen molar-refractivity contribution >= 4 is 30.7 Å². The monoisotopic (exact) mass is 641 g/mol. The Labute approximate surface area is 254 Å². The van der Waals surface area contributed by atoms with Crippen molar-refractivity contribution in [3.8, 4) is 0 Å². The number of alkyl halides is 6. The van der Waals surface area contributed by atoms with Gasteiger partial charge in [0, 0.05) is 50.4 Å². The van der Waals surface area contributed by atoms with E-state index in [-0.39, 0.29) is 43.5 Å². The van der Waals surface area contributed by atoms with Crippen molar-refractivity contribution in [1.82, 2.24) is 15.1 Å². The molecule has 234 valence electrons. The Morgan fingerprint density at radius 2 is 1.64 bits per heavy atom. The maximum atomic E-state index is 13.5. The molecule has 2 saturated heterocycles. The highest BCUT2D eigenvalue weighted by atomic mass is 35.5. The van der Waals surface area contributed by atoms with Gasteiger partial charge in [0.1, 0.15) is 0 Å². The maximum Gasteiger partial charge on any atom is 0.416 e. The van der Waals surface area contributed by atoms with Crippen LogP contribution in [0, 0.1) is 13.8 Å². The van der Waals surface area contributed by atoms with Crippen LogP contribution >= 0.6 is 24.8 Å². The molecule has 4 rings (SSSR count). The van der Waals surface area contributed by atoms with Gasteiger partial charge in [-0.25, -0.2) is 0 Å². The van der Waals surface area contributed by atoms with Crippen LogP contribution in [0.3, 0.4) is 0 Å². The molecule has 2 fully saturated rings. The van der Waals surface area contributed by atoms with Crippen molar-refractivity contribution in [3.63, 3.8) is 0 Å². The van der Waals surface area contributed by atoms with E-state index in [1.807, 2.05) is 44.2 Å². The SMILES string of the molecule is Cc1ccc(C[C@@H]2CN(CC=C[C@@H]3COCCN3)CCN2C(=O)c2cc(C(F)(F)F)cc(C(F)(F)F)c2)cc1C.Cl.Cl. The third-order valence-electron chi connectivity index (χ3n) is 7.39. The van der Waals surface area contributed by atoms with Crippen LogP contribution < -0.4 is 5.32 Å². The molecule has 42 heavy (non-hydrogen) atoms. The fourth-order valence-corrected chi connectivity index (χ4v) is 5.06. The molecule has 0 bridgehead atoms. The summed E-state index contributed by atoms with van der Waals surface area (Å²) in [6, 6.07) is 6.62. The smallest absolute Gasteiger partial charge is 0.378 e. The van der Waals surface area contributed by atoms with E-state index in [1.54, 1.807) is 0 Å². The number of hydrogen-bond donors (Lipinski definition) is 1. The molecule has 0 aromatic heterocycles. The first kappa shape index (κ1) is 35.9. The largest absolute Gasteiger partial charge is 0.416 e. The number of nitrogens with zero attached hydrogens (tertiary/aromatic N) is 2. The second-order valence-electron chi connectivity index (χ2n) is 10.4. The molecule has 0 spiro atoms. The van der Waals surface area contributed by atoms with E-state index >= 15 is 0 Å². The molecule has 0 unspecified atom stereocenters. The van der Waals surface area contributed by atoms with Crippen LogP contribution in [0.2, 0.25) is 0 Å². The Bertz CT molecular complexity index is 1200. The third kappa shape index (κ3) is 9.34. The summed E-state index contributed by atoms with van der Waals surface area (Å²) in [5.41, 5.74) is -0.534. The van der Waals surface area contributed by atoms with Gasteiger partial charge in [-0.05, 0) is 55.2 Å². The van der Waals surface area contributed by atoms with Gasteiger partial charge in [-0.1, -0.05) is 30.4 Å². The number of benzene rings is 2. The number of halogens is 8. The van der Waals surface area contributed by atoms with Crippen molar-refractivity contribution in [3.05, 3.63) is 81.9 Å². The molecular formula is C29H35Cl2F6N3O2. The zero-order chi connectivity index (χ0) is 29.1. The average molecular weight is 643 g/mol. The van der Waals surface area contributed by atoms with Crippen LogP contribution in [-0.2, 0) is 23.5 Å². The van der Waals surface area contributed by atoms with Gasteiger partial charge in [-0.15, -0.1) is 24.8 Å². The zero-order valence-corrected chi connectivity index (χ0v) is 24.9. The van der Waals surface area contributed by atoms with Crippen LogP contribution in [-0.4, -0.2) is 73.7 Å². The predicted octanol–water partition coefficient (Wildman–Crippen LogP) is 6.10. The van der Waals surface area contributed by atoms with Gasteiger partial charge in [0.2, 0.25) is 0 Å². The van der Waals surface area contributed by atoms with Gasteiger partial charge < -0.3 is 15.0 Å². The first-order chi connectivity index (χ1) is 18.8. The number of amides is 1. The Kier molecular flexibility index (Phi) is 12.7. The van der Waals surface area contributed by atoms with Crippen molar-refractivity contribution in [1.29, 1.82) is 0 Å². The lowest BCUT2D eigenvalue weighted by Gasteiger charge is -2.41. The Morgan fingerprint density at radius 1 is 0.976 bits per heavy atom. The highest BCUT2D eigenvalue weighted by Crippen LogP contribution is 2.37. The Balaban J connectivity index is 0.00000308. The molecule has 2 aromatic carbocycles. The lowest BCUT2D eigenvalue weighted by Crippen LogP contribution is -2.56. The van der Waals surface area contributed by atoms with Crippen molar-refractivity contribution in [2.45, 2.75) is 44.7 Å². The highest BCUT2D eigenvalue weighted by molar-refractivity contribution is 5.95. The summed E-state index contributed by atoms with van der Waals surface area (Å²) >= 11 is 0. The molecule has 0 saturated carbocycles. The van der Waals surface area contributed by atoms with E-state index < -0.39 is 41.0 Å².